The molecule has 1 aromatic heterocycles. The number of aromatic nitrogens is 1. The number of ether oxygens (including phenoxy) is 1. The molecule has 5 nitrogen and oxygen atoms in total. The van der Waals surface area contributed by atoms with E-state index in [1.807, 2.05) is 18.2 Å². The zero-order valence-electron chi connectivity index (χ0n) is 10.2. The van der Waals surface area contributed by atoms with Gasteiger partial charge in [0.05, 0.1) is 5.56 Å². The number of carbonyl (C=O) groups is 1. The normalized spacial score (nSPS) is 13.1. The second kappa shape index (κ2) is 4.70. The highest BCUT2D eigenvalue weighted by Gasteiger charge is 2.11. The van der Waals surface area contributed by atoms with Crippen LogP contribution >= 0.6 is 0 Å². The molecule has 1 aliphatic rings. The van der Waals surface area contributed by atoms with E-state index in [1.54, 1.807) is 12.1 Å². The molecule has 5 heteroatoms. The van der Waals surface area contributed by atoms with Gasteiger partial charge in [0.2, 0.25) is 11.8 Å². The first kappa shape index (κ1) is 11.7. The number of hydrogen-bond donors (Lipinski definition) is 2. The van der Waals surface area contributed by atoms with E-state index in [9.17, 15) is 4.79 Å². The summed E-state index contributed by atoms with van der Waals surface area (Å²) in [6.45, 7) is 1.77. The van der Waals surface area contributed by atoms with Gasteiger partial charge in [-0.15, -0.1) is 0 Å². The first-order valence-electron chi connectivity index (χ1n) is 5.98. The lowest BCUT2D eigenvalue weighted by Gasteiger charge is -2.06. The standard InChI is InChI=1S/C14H13N3O2/c15-14(18)10-2-4-13(17-8-10)19-12-3-1-9-6-16-7-11(9)5-12/h1-5,8,16H,6-7H2,(H2,15,18). The lowest BCUT2D eigenvalue weighted by atomic mass is 10.1. The van der Waals surface area contributed by atoms with Gasteiger partial charge in [-0.25, -0.2) is 4.98 Å². The summed E-state index contributed by atoms with van der Waals surface area (Å²) >= 11 is 0. The lowest BCUT2D eigenvalue weighted by Crippen LogP contribution is -2.10. The Labute approximate surface area is 110 Å². The van der Waals surface area contributed by atoms with Gasteiger partial charge in [-0.2, -0.15) is 0 Å². The summed E-state index contributed by atoms with van der Waals surface area (Å²) in [6, 6.07) is 9.18. The average Bonchev–Trinajstić information content (AvgIpc) is 2.87. The van der Waals surface area contributed by atoms with Gasteiger partial charge in [-0.05, 0) is 29.3 Å². The molecule has 2 heterocycles. The van der Waals surface area contributed by atoms with Crippen LogP contribution in [0.15, 0.2) is 36.5 Å². The number of nitrogens with zero attached hydrogens (tertiary/aromatic N) is 1. The number of rotatable bonds is 3. The minimum atomic E-state index is -0.498. The minimum Gasteiger partial charge on any atom is -0.439 e. The molecule has 96 valence electrons. The summed E-state index contributed by atoms with van der Waals surface area (Å²) in [5, 5.41) is 3.28. The van der Waals surface area contributed by atoms with E-state index >= 15 is 0 Å². The quantitative estimate of drug-likeness (QED) is 0.872. The number of amides is 1. The van der Waals surface area contributed by atoms with Crippen LogP contribution in [0, 0.1) is 0 Å². The molecule has 0 unspecified atom stereocenters. The zero-order valence-corrected chi connectivity index (χ0v) is 10.2. The second-order valence-electron chi connectivity index (χ2n) is 4.39. The fourth-order valence-electron chi connectivity index (χ4n) is 2.04. The van der Waals surface area contributed by atoms with Crippen molar-refractivity contribution >= 4 is 5.91 Å². The first-order chi connectivity index (χ1) is 9.22. The summed E-state index contributed by atoms with van der Waals surface area (Å²) in [4.78, 5) is 15.0. The second-order valence-corrected chi connectivity index (χ2v) is 4.39. The Morgan fingerprint density at radius 3 is 2.79 bits per heavy atom. The summed E-state index contributed by atoms with van der Waals surface area (Å²) in [6.07, 6.45) is 1.41. The Hall–Kier alpha value is -2.40. The Balaban J connectivity index is 1.79. The third kappa shape index (κ3) is 2.41. The minimum absolute atomic E-state index is 0.366. The van der Waals surface area contributed by atoms with Gasteiger partial charge in [0.15, 0.2) is 0 Å². The molecule has 1 aliphatic heterocycles. The molecule has 1 amide bonds. The predicted molar refractivity (Wildman–Crippen MR) is 69.8 cm³/mol. The predicted octanol–water partition coefficient (Wildman–Crippen LogP) is 1.58. The summed E-state index contributed by atoms with van der Waals surface area (Å²) in [5.41, 5.74) is 8.06. The molecule has 2 aromatic rings. The SMILES string of the molecule is NC(=O)c1ccc(Oc2ccc3c(c2)CNC3)nc1. The van der Waals surface area contributed by atoms with Crippen LogP contribution in [0.1, 0.15) is 21.5 Å². The Bertz CT molecular complexity index is 623. The van der Waals surface area contributed by atoms with Crippen LogP contribution in [0.2, 0.25) is 0 Å². The Morgan fingerprint density at radius 1 is 1.21 bits per heavy atom. The van der Waals surface area contributed by atoms with Crippen molar-refractivity contribution in [2.24, 2.45) is 5.73 Å². The smallest absolute Gasteiger partial charge is 0.250 e. The molecule has 0 radical (unpaired) electrons. The van der Waals surface area contributed by atoms with Gasteiger partial charge in [-0.1, -0.05) is 6.07 Å². The molecule has 0 spiro atoms. The molecular weight excluding hydrogens is 242 g/mol. The lowest BCUT2D eigenvalue weighted by molar-refractivity contribution is 0.1000. The molecule has 0 fully saturated rings. The van der Waals surface area contributed by atoms with Gasteiger partial charge < -0.3 is 15.8 Å². The molecule has 1 aromatic carbocycles. The molecule has 0 atom stereocenters. The van der Waals surface area contributed by atoms with Crippen molar-refractivity contribution in [2.45, 2.75) is 13.1 Å². The highest BCUT2D eigenvalue weighted by molar-refractivity contribution is 5.92. The van der Waals surface area contributed by atoms with E-state index in [4.69, 9.17) is 10.5 Å². The Kier molecular flexibility index (Phi) is 2.89. The van der Waals surface area contributed by atoms with E-state index in [0.29, 0.717) is 11.4 Å². The summed E-state index contributed by atoms with van der Waals surface area (Å²) < 4.78 is 5.65. The fraction of sp³-hybridized carbons (Fsp3) is 0.143. The number of hydrogen-bond acceptors (Lipinski definition) is 4. The number of benzene rings is 1. The van der Waals surface area contributed by atoms with Crippen molar-refractivity contribution in [1.82, 2.24) is 10.3 Å². The van der Waals surface area contributed by atoms with Crippen molar-refractivity contribution in [3.05, 3.63) is 53.2 Å². The average molecular weight is 255 g/mol. The highest BCUT2D eigenvalue weighted by Crippen LogP contribution is 2.25. The molecule has 3 rings (SSSR count). The maximum Gasteiger partial charge on any atom is 0.250 e. The summed E-state index contributed by atoms with van der Waals surface area (Å²) in [7, 11) is 0. The maximum absolute atomic E-state index is 10.9. The number of fused-ring (bicyclic) bond motifs is 1. The third-order valence-electron chi connectivity index (χ3n) is 3.05. The van der Waals surface area contributed by atoms with E-state index in [1.165, 1.54) is 17.3 Å². The van der Waals surface area contributed by atoms with Crippen LogP contribution in [0.25, 0.3) is 0 Å². The van der Waals surface area contributed by atoms with Gasteiger partial charge in [-0.3, -0.25) is 4.79 Å². The van der Waals surface area contributed by atoms with Crippen molar-refractivity contribution in [3.63, 3.8) is 0 Å². The van der Waals surface area contributed by atoms with Crippen LogP contribution in [-0.2, 0) is 13.1 Å². The molecule has 19 heavy (non-hydrogen) atoms. The van der Waals surface area contributed by atoms with Gasteiger partial charge >= 0.3 is 0 Å². The number of carbonyl (C=O) groups excluding carboxylic acids is 1. The van der Waals surface area contributed by atoms with Gasteiger partial charge in [0.1, 0.15) is 5.75 Å². The monoisotopic (exact) mass is 255 g/mol. The molecule has 3 N–H and O–H groups in total. The Morgan fingerprint density at radius 2 is 2.05 bits per heavy atom. The van der Waals surface area contributed by atoms with Crippen molar-refractivity contribution in [3.8, 4) is 11.6 Å². The third-order valence-corrected chi connectivity index (χ3v) is 3.05. The number of primary amides is 1. The van der Waals surface area contributed by atoms with E-state index in [-0.39, 0.29) is 0 Å². The van der Waals surface area contributed by atoms with E-state index in [0.717, 1.165) is 18.8 Å². The number of pyridine rings is 1. The van der Waals surface area contributed by atoms with E-state index < -0.39 is 5.91 Å². The van der Waals surface area contributed by atoms with Crippen molar-refractivity contribution in [2.75, 3.05) is 0 Å². The zero-order chi connectivity index (χ0) is 13.2. The van der Waals surface area contributed by atoms with Crippen molar-refractivity contribution in [1.29, 1.82) is 0 Å². The van der Waals surface area contributed by atoms with Crippen LogP contribution in [0.4, 0.5) is 0 Å². The molecule has 0 saturated carbocycles. The maximum atomic E-state index is 10.9. The number of nitrogens with two attached hydrogens (primary N) is 1. The molecule has 0 aliphatic carbocycles. The first-order valence-corrected chi connectivity index (χ1v) is 5.98. The van der Waals surface area contributed by atoms with Gasteiger partial charge in [0.25, 0.3) is 0 Å². The van der Waals surface area contributed by atoms with Crippen LogP contribution in [0.5, 0.6) is 11.6 Å². The molecule has 0 saturated heterocycles. The topological polar surface area (TPSA) is 77.2 Å². The largest absolute Gasteiger partial charge is 0.439 e. The fourth-order valence-corrected chi connectivity index (χ4v) is 2.04. The molecule has 0 bridgehead atoms. The van der Waals surface area contributed by atoms with E-state index in [2.05, 4.69) is 10.3 Å². The van der Waals surface area contributed by atoms with Gasteiger partial charge in [0, 0.05) is 25.4 Å². The van der Waals surface area contributed by atoms with Crippen molar-refractivity contribution < 1.29 is 9.53 Å². The van der Waals surface area contributed by atoms with Crippen LogP contribution in [0.3, 0.4) is 0 Å². The summed E-state index contributed by atoms with van der Waals surface area (Å²) in [5.74, 6) is 0.681. The van der Waals surface area contributed by atoms with Crippen LogP contribution < -0.4 is 15.8 Å². The van der Waals surface area contributed by atoms with Crippen LogP contribution in [-0.4, -0.2) is 10.9 Å². The molecular formula is C14H13N3O2. The number of nitrogens with one attached hydrogen (secondary N) is 1. The highest BCUT2D eigenvalue weighted by atomic mass is 16.5.